The van der Waals surface area contributed by atoms with Crippen molar-refractivity contribution < 1.29 is 7.58 Å². The van der Waals surface area contributed by atoms with Crippen molar-refractivity contribution in [1.82, 2.24) is 5.42 Å². The first-order valence-electron chi connectivity index (χ1n) is 4.32. The predicted octanol–water partition coefficient (Wildman–Crippen LogP) is 0.908. The van der Waals surface area contributed by atoms with Crippen LogP contribution in [0, 0.1) is 5.89 Å². The molecular formula is C7H12N2O. The maximum Gasteiger partial charge on any atom is 0.243 e. The normalized spacial score (nSPS) is 36.8. The van der Waals surface area contributed by atoms with E-state index in [0.717, 1.165) is 0 Å². The summed E-state index contributed by atoms with van der Waals surface area (Å²) < 4.78 is 14.9. The van der Waals surface area contributed by atoms with Gasteiger partial charge in [-0.3, -0.25) is 4.79 Å². The topological polar surface area (TPSA) is 41.5 Å². The largest absolute Gasteiger partial charge is 0.273 e. The highest BCUT2D eigenvalue weighted by atomic mass is 16.2. The average Bonchev–Trinajstić information content (AvgIpc) is 2.00. The molecule has 1 N–H and O–H groups in total. The predicted molar refractivity (Wildman–Crippen MR) is 39.6 cm³/mol. The summed E-state index contributed by atoms with van der Waals surface area (Å²) in [6, 6.07) is 0. The Hall–Kier alpha value is -0.860. The molecule has 0 bridgehead atoms. The Bertz CT molecular complexity index is 242. The molecule has 0 fully saturated rings. The number of amides is 1. The van der Waals surface area contributed by atoms with Gasteiger partial charge in [0.25, 0.3) is 0 Å². The Balaban J connectivity index is 2.95. The van der Waals surface area contributed by atoms with Crippen molar-refractivity contribution in [2.75, 3.05) is 0 Å². The maximum absolute atomic E-state index is 11.3. The number of hydrogen-bond acceptors (Lipinski definition) is 2. The quantitative estimate of drug-likeness (QED) is 0.581. The third-order valence-electron chi connectivity index (χ3n) is 1.51. The number of hydrogen-bond donors (Lipinski definition) is 1. The van der Waals surface area contributed by atoms with Crippen molar-refractivity contribution in [2.45, 2.75) is 26.7 Å². The zero-order chi connectivity index (χ0) is 9.35. The van der Waals surface area contributed by atoms with Crippen LogP contribution in [-0.2, 0) is 4.79 Å². The van der Waals surface area contributed by atoms with Crippen LogP contribution in [-0.4, -0.2) is 11.6 Å². The highest BCUT2D eigenvalue weighted by Crippen LogP contribution is 2.12. The van der Waals surface area contributed by atoms with Gasteiger partial charge in [-0.05, 0) is 19.8 Å². The molecule has 0 saturated heterocycles. The van der Waals surface area contributed by atoms with E-state index in [9.17, 15) is 4.79 Å². The number of nitrogens with one attached hydrogen (secondary N) is 1. The van der Waals surface area contributed by atoms with Crippen LogP contribution in [0.15, 0.2) is 5.10 Å². The van der Waals surface area contributed by atoms with Crippen molar-refractivity contribution >= 4 is 11.6 Å². The van der Waals surface area contributed by atoms with Gasteiger partial charge in [-0.25, -0.2) is 5.42 Å². The molecule has 3 nitrogen and oxygen atoms in total. The Morgan fingerprint density at radius 1 is 2.10 bits per heavy atom. The number of rotatable bonds is 1. The molecule has 56 valence electrons. The minimum absolute atomic E-state index is 0.345. The second-order valence-corrected chi connectivity index (χ2v) is 2.37. The van der Waals surface area contributed by atoms with Crippen LogP contribution in [0.1, 0.15) is 28.1 Å². The fraction of sp³-hybridized carbons (Fsp3) is 0.714. The van der Waals surface area contributed by atoms with E-state index in [-0.39, 0.29) is 0 Å². The van der Waals surface area contributed by atoms with Gasteiger partial charge in [-0.15, -0.1) is 0 Å². The molecule has 1 unspecified atom stereocenters. The fourth-order valence-corrected chi connectivity index (χ4v) is 0.897. The van der Waals surface area contributed by atoms with E-state index in [1.165, 1.54) is 0 Å². The minimum atomic E-state index is -1.16. The summed E-state index contributed by atoms with van der Waals surface area (Å²) in [5.41, 5.74) is 1.19. The first kappa shape index (κ1) is 4.88. The van der Waals surface area contributed by atoms with Crippen LogP contribution in [0.25, 0.3) is 0 Å². The van der Waals surface area contributed by atoms with Gasteiger partial charge < -0.3 is 0 Å². The molecule has 0 radical (unpaired) electrons. The van der Waals surface area contributed by atoms with Crippen molar-refractivity contribution in [3.8, 4) is 0 Å². The fourth-order valence-electron chi connectivity index (χ4n) is 0.897. The standard InChI is InChI=1S/C7H12N2O/c1-3-6-4-5(2)8-9-7(6)10/h6H,3-4H2,1-2H3,(H,9,10)/i6D/hD. The third-order valence-corrected chi connectivity index (χ3v) is 1.51. The van der Waals surface area contributed by atoms with Gasteiger partial charge in [-0.2, -0.15) is 5.10 Å². The van der Waals surface area contributed by atoms with Crippen LogP contribution in [0.3, 0.4) is 0 Å². The molecule has 3 heteroatoms. The summed E-state index contributed by atoms with van der Waals surface area (Å²) in [4.78, 5) is 11.3. The molecule has 10 heavy (non-hydrogen) atoms. The summed E-state index contributed by atoms with van der Waals surface area (Å²) in [6.45, 7) is 3.50. The lowest BCUT2D eigenvalue weighted by atomic mass is 9.98. The van der Waals surface area contributed by atoms with Crippen molar-refractivity contribution in [2.24, 2.45) is 11.0 Å². The lowest BCUT2D eigenvalue weighted by molar-refractivity contribution is -0.125. The number of nitrogens with zero attached hydrogens (tertiary/aromatic N) is 1. The zero-order valence-electron chi connectivity index (χ0n) is 8.22. The number of carbonyl (C=O) groups excluding carboxylic acids is 1. The Morgan fingerprint density at radius 2 is 2.80 bits per heavy atom. The van der Waals surface area contributed by atoms with Gasteiger partial charge in [0.15, 0.2) is 1.41 Å². The Kier molecular flexibility index (Phi) is 1.37. The van der Waals surface area contributed by atoms with Crippen molar-refractivity contribution in [1.29, 1.82) is 0 Å². The first-order chi connectivity index (χ1) is 5.49. The van der Waals surface area contributed by atoms with E-state index in [4.69, 9.17) is 2.78 Å². The highest BCUT2D eigenvalue weighted by Gasteiger charge is 2.20. The zero-order valence-corrected chi connectivity index (χ0v) is 6.22. The van der Waals surface area contributed by atoms with Crippen LogP contribution in [0.4, 0.5) is 0 Å². The summed E-state index contributed by atoms with van der Waals surface area (Å²) >= 11 is 0. The Labute approximate surface area is 63.4 Å². The summed E-state index contributed by atoms with van der Waals surface area (Å²) in [5, 5.41) is 3.65. The molecule has 0 spiro atoms. The molecular weight excluding hydrogens is 128 g/mol. The van der Waals surface area contributed by atoms with Gasteiger partial charge >= 0.3 is 0 Å². The van der Waals surface area contributed by atoms with Crippen LogP contribution in [0.5, 0.6) is 0 Å². The molecule has 1 aliphatic rings. The van der Waals surface area contributed by atoms with Crippen molar-refractivity contribution in [3.63, 3.8) is 0 Å². The SMILES string of the molecule is [2H]N1N=C(C)CC([2H])(CC)C1=O. The van der Waals surface area contributed by atoms with Crippen LogP contribution < -0.4 is 5.42 Å². The van der Waals surface area contributed by atoms with E-state index in [0.29, 0.717) is 24.0 Å². The highest BCUT2D eigenvalue weighted by molar-refractivity contribution is 5.92. The minimum Gasteiger partial charge on any atom is -0.273 e. The number of hydrazone groups is 1. The van der Waals surface area contributed by atoms with Crippen LogP contribution >= 0.6 is 0 Å². The second kappa shape index (κ2) is 2.82. The first-order valence-corrected chi connectivity index (χ1v) is 3.37. The number of carbonyl (C=O) groups is 1. The molecule has 1 heterocycles. The van der Waals surface area contributed by atoms with Crippen molar-refractivity contribution in [3.05, 3.63) is 0 Å². The van der Waals surface area contributed by atoms with Gasteiger partial charge in [0, 0.05) is 13.0 Å². The van der Waals surface area contributed by atoms with E-state index in [1.54, 1.807) is 13.8 Å². The van der Waals surface area contributed by atoms with Gasteiger partial charge in [-0.1, -0.05) is 6.92 Å². The van der Waals surface area contributed by atoms with Gasteiger partial charge in [0.2, 0.25) is 5.91 Å². The van der Waals surface area contributed by atoms with E-state index >= 15 is 0 Å². The van der Waals surface area contributed by atoms with E-state index in [2.05, 4.69) is 5.10 Å². The monoisotopic (exact) mass is 142 g/mol. The molecule has 0 aliphatic carbocycles. The van der Waals surface area contributed by atoms with E-state index < -0.39 is 11.8 Å². The maximum atomic E-state index is 11.3. The smallest absolute Gasteiger partial charge is 0.243 e. The van der Waals surface area contributed by atoms with Crippen LogP contribution in [0.2, 0.25) is 1.41 Å². The molecule has 1 aliphatic heterocycles. The molecule has 0 saturated carbocycles. The molecule has 0 aromatic rings. The van der Waals surface area contributed by atoms with Gasteiger partial charge in [0.1, 0.15) is 0 Å². The molecule has 1 amide bonds. The molecule has 1 rings (SSSR count). The summed E-state index contributed by atoms with van der Waals surface area (Å²) in [7, 11) is 0. The second-order valence-electron chi connectivity index (χ2n) is 2.37. The molecule has 0 aromatic carbocycles. The lowest BCUT2D eigenvalue weighted by Crippen LogP contribution is -2.33. The average molecular weight is 142 g/mol. The Morgan fingerprint density at radius 3 is 3.40 bits per heavy atom. The third kappa shape index (κ3) is 1.35. The van der Waals surface area contributed by atoms with E-state index in [1.807, 2.05) is 0 Å². The summed E-state index contributed by atoms with van der Waals surface area (Å²) in [5.74, 6) is -1.69. The summed E-state index contributed by atoms with van der Waals surface area (Å²) in [6.07, 6.45) is 0.770. The molecule has 1 atom stereocenters. The lowest BCUT2D eigenvalue weighted by Gasteiger charge is -2.17. The van der Waals surface area contributed by atoms with Gasteiger partial charge in [0.05, 0.1) is 0 Å². The molecule has 0 aromatic heterocycles.